The van der Waals surface area contributed by atoms with E-state index in [1.807, 2.05) is 0 Å². The number of hydrazine groups is 1. The van der Waals surface area contributed by atoms with Gasteiger partial charge in [-0.25, -0.2) is 13.2 Å². The molecular weight excluding hydrogens is 362 g/mol. The van der Waals surface area contributed by atoms with Crippen molar-refractivity contribution in [2.75, 3.05) is 10.7 Å². The number of rotatable bonds is 5. The number of nitrogens with two attached hydrogens (primary N) is 1. The molecule has 0 unspecified atom stereocenters. The van der Waals surface area contributed by atoms with Crippen LogP contribution in [0.1, 0.15) is 0 Å². The van der Waals surface area contributed by atoms with E-state index in [-0.39, 0.29) is 21.9 Å². The fourth-order valence-corrected chi connectivity index (χ4v) is 2.93. The van der Waals surface area contributed by atoms with Crippen LogP contribution < -0.4 is 26.9 Å². The van der Waals surface area contributed by atoms with Crippen molar-refractivity contribution >= 4 is 38.7 Å². The quantitative estimate of drug-likeness (QED) is 0.484. The predicted molar refractivity (Wildman–Crippen MR) is 93.9 cm³/mol. The minimum Gasteiger partial charge on any atom is -0.424 e. The summed E-state index contributed by atoms with van der Waals surface area (Å²) in [6.07, 6.45) is 0. The third-order valence-corrected chi connectivity index (χ3v) is 4.52. The van der Waals surface area contributed by atoms with Crippen LogP contribution in [0.4, 0.5) is 16.5 Å². The van der Waals surface area contributed by atoms with Gasteiger partial charge in [-0.05, 0) is 36.4 Å². The van der Waals surface area contributed by atoms with Gasteiger partial charge in [0.15, 0.2) is 0 Å². The lowest BCUT2D eigenvalue weighted by Crippen LogP contribution is -2.30. The molecule has 1 aromatic heterocycles. The second kappa shape index (κ2) is 6.82. The van der Waals surface area contributed by atoms with Crippen molar-refractivity contribution in [2.24, 2.45) is 5.73 Å². The number of urea groups is 1. The summed E-state index contributed by atoms with van der Waals surface area (Å²) in [5.41, 5.74) is 7.28. The number of nitrogens with zero attached hydrogens (tertiary/aromatic N) is 1. The molecule has 0 radical (unpaired) electrons. The normalized spacial score (nSPS) is 11.2. The minimum atomic E-state index is -3.98. The summed E-state index contributed by atoms with van der Waals surface area (Å²) in [4.78, 5) is 28.2. The third kappa shape index (κ3) is 3.79. The van der Waals surface area contributed by atoms with Gasteiger partial charge < -0.3 is 15.5 Å². The highest BCUT2D eigenvalue weighted by atomic mass is 32.2. The average molecular weight is 375 g/mol. The first kappa shape index (κ1) is 17.4. The fourth-order valence-electron chi connectivity index (χ4n) is 2.09. The molecule has 0 aliphatic rings. The lowest BCUT2D eigenvalue weighted by molar-refractivity contribution is 0.259. The smallest absolute Gasteiger partial charge is 0.316 e. The zero-order valence-corrected chi connectivity index (χ0v) is 13.9. The molecule has 3 rings (SSSR count). The Bertz CT molecular complexity index is 1130. The van der Waals surface area contributed by atoms with Crippen LogP contribution in [0.25, 0.3) is 11.0 Å². The van der Waals surface area contributed by atoms with Gasteiger partial charge in [0.2, 0.25) is 0 Å². The number of carbonyl (C=O) groups is 1. The van der Waals surface area contributed by atoms with Crippen LogP contribution in [-0.2, 0) is 10.0 Å². The monoisotopic (exact) mass is 375 g/mol. The van der Waals surface area contributed by atoms with Crippen LogP contribution in [0.3, 0.4) is 0 Å². The Balaban J connectivity index is 1.78. The molecule has 0 saturated heterocycles. The molecular formula is C15H13N5O5S. The number of para-hydroxylation sites is 1. The van der Waals surface area contributed by atoms with Gasteiger partial charge in [-0.15, -0.1) is 4.83 Å². The zero-order valence-electron chi connectivity index (χ0n) is 13.1. The highest BCUT2D eigenvalue weighted by molar-refractivity contribution is 7.89. The lowest BCUT2D eigenvalue weighted by Gasteiger charge is -2.09. The summed E-state index contributed by atoms with van der Waals surface area (Å²) < 4.78 is 29.8. The van der Waals surface area contributed by atoms with Gasteiger partial charge in [-0.1, -0.05) is 12.1 Å². The summed E-state index contributed by atoms with van der Waals surface area (Å²) in [6.45, 7) is 0. The van der Waals surface area contributed by atoms with Crippen molar-refractivity contribution in [3.05, 3.63) is 58.9 Å². The summed E-state index contributed by atoms with van der Waals surface area (Å²) in [5, 5.41) is 2.59. The number of nitrogens with one attached hydrogen (secondary N) is 3. The fraction of sp³-hybridized carbons (Fsp3) is 0. The maximum Gasteiger partial charge on any atom is 0.316 e. The number of hydrogen-bond donors (Lipinski definition) is 4. The number of aromatic nitrogens is 1. The zero-order chi connectivity index (χ0) is 18.7. The van der Waals surface area contributed by atoms with E-state index in [1.165, 1.54) is 24.3 Å². The number of fused-ring (bicyclic) bond motifs is 1. The van der Waals surface area contributed by atoms with Crippen LogP contribution in [-0.4, -0.2) is 19.4 Å². The first-order valence-electron chi connectivity index (χ1n) is 7.19. The van der Waals surface area contributed by atoms with E-state index >= 15 is 0 Å². The number of carbonyl (C=O) groups excluding carboxylic acids is 1. The van der Waals surface area contributed by atoms with Crippen molar-refractivity contribution in [3.63, 3.8) is 0 Å². The molecule has 11 heteroatoms. The van der Waals surface area contributed by atoms with Crippen molar-refractivity contribution in [1.82, 2.24) is 9.82 Å². The number of amides is 2. The molecule has 0 bridgehead atoms. The van der Waals surface area contributed by atoms with E-state index in [0.717, 1.165) is 0 Å². The Morgan fingerprint density at radius 3 is 2.46 bits per heavy atom. The van der Waals surface area contributed by atoms with Crippen LogP contribution >= 0.6 is 0 Å². The molecule has 1 heterocycles. The van der Waals surface area contributed by atoms with Crippen molar-refractivity contribution in [3.8, 4) is 0 Å². The van der Waals surface area contributed by atoms with Crippen molar-refractivity contribution in [2.45, 2.75) is 4.90 Å². The third-order valence-electron chi connectivity index (χ3n) is 3.25. The molecule has 0 fully saturated rings. The lowest BCUT2D eigenvalue weighted by atomic mass is 10.3. The van der Waals surface area contributed by atoms with E-state index in [1.54, 1.807) is 24.3 Å². The number of benzene rings is 2. The maximum absolute atomic E-state index is 12.3. The standard InChI is InChI=1S/C15H13N5O5S/c16-14(22)17-9-5-7-10(8-6-9)26(23,24)20-19-15-18-13(21)11-3-1-2-4-12(11)25-15/h1-8,20H,(H3,16,17,22)(H,18,19,21). The highest BCUT2D eigenvalue weighted by Gasteiger charge is 2.15. The molecule has 0 aliphatic heterocycles. The first-order chi connectivity index (χ1) is 12.3. The second-order valence-corrected chi connectivity index (χ2v) is 6.75. The van der Waals surface area contributed by atoms with Crippen LogP contribution in [0, 0.1) is 0 Å². The van der Waals surface area contributed by atoms with Gasteiger partial charge in [0.05, 0.1) is 10.3 Å². The molecule has 3 aromatic rings. The van der Waals surface area contributed by atoms with Gasteiger partial charge in [0.25, 0.3) is 15.6 Å². The molecule has 0 aliphatic carbocycles. The molecule has 0 spiro atoms. The molecule has 5 N–H and O–H groups in total. The molecule has 26 heavy (non-hydrogen) atoms. The van der Waals surface area contributed by atoms with Crippen molar-refractivity contribution < 1.29 is 17.6 Å². The van der Waals surface area contributed by atoms with Gasteiger partial charge in [-0.2, -0.15) is 4.98 Å². The predicted octanol–water partition coefficient (Wildman–Crippen LogP) is 0.984. The van der Waals surface area contributed by atoms with E-state index in [9.17, 15) is 18.0 Å². The van der Waals surface area contributed by atoms with E-state index in [2.05, 4.69) is 20.6 Å². The average Bonchev–Trinajstić information content (AvgIpc) is 2.60. The topological polar surface area (TPSA) is 156 Å². The first-order valence-corrected chi connectivity index (χ1v) is 8.68. The molecule has 0 saturated carbocycles. The summed E-state index contributed by atoms with van der Waals surface area (Å²) in [5.74, 6) is 0. The molecule has 2 amide bonds. The Morgan fingerprint density at radius 2 is 1.77 bits per heavy atom. The number of sulfonamides is 1. The number of anilines is 2. The van der Waals surface area contributed by atoms with Gasteiger partial charge >= 0.3 is 12.0 Å². The van der Waals surface area contributed by atoms with Crippen LogP contribution in [0.15, 0.2) is 62.6 Å². The largest absolute Gasteiger partial charge is 0.424 e. The van der Waals surface area contributed by atoms with Crippen LogP contribution in [0.5, 0.6) is 0 Å². The van der Waals surface area contributed by atoms with E-state index < -0.39 is 21.6 Å². The van der Waals surface area contributed by atoms with Gasteiger partial charge in [0.1, 0.15) is 5.58 Å². The Labute approximate surface area is 147 Å². The molecule has 134 valence electrons. The Kier molecular flexibility index (Phi) is 4.56. The molecule has 0 atom stereocenters. The Morgan fingerprint density at radius 1 is 1.08 bits per heavy atom. The second-order valence-electron chi connectivity index (χ2n) is 5.06. The van der Waals surface area contributed by atoms with Gasteiger partial charge in [0, 0.05) is 5.69 Å². The minimum absolute atomic E-state index is 0.0943. The Hall–Kier alpha value is -3.44. The van der Waals surface area contributed by atoms with E-state index in [4.69, 9.17) is 10.2 Å². The molecule has 2 aromatic carbocycles. The summed E-state index contributed by atoms with van der Waals surface area (Å²) >= 11 is 0. The van der Waals surface area contributed by atoms with Gasteiger partial charge in [-0.3, -0.25) is 10.2 Å². The maximum atomic E-state index is 12.3. The summed E-state index contributed by atoms with van der Waals surface area (Å²) in [6, 6.07) is 10.6. The number of primary amides is 1. The highest BCUT2D eigenvalue weighted by Crippen LogP contribution is 2.15. The number of hydrogen-bond acceptors (Lipinski definition) is 7. The van der Waals surface area contributed by atoms with Crippen molar-refractivity contribution in [1.29, 1.82) is 0 Å². The SMILES string of the molecule is NC(=O)Nc1ccc(S(=O)(=O)NNc2nc(=O)c3ccccc3o2)cc1. The summed E-state index contributed by atoms with van der Waals surface area (Å²) in [7, 11) is -3.98. The van der Waals surface area contributed by atoms with Crippen LogP contribution in [0.2, 0.25) is 0 Å². The molecule has 10 nitrogen and oxygen atoms in total. The van der Waals surface area contributed by atoms with E-state index in [0.29, 0.717) is 5.69 Å².